The molecule has 1 aromatic heterocycles. The molecule has 2 heterocycles. The van der Waals surface area contributed by atoms with Crippen molar-refractivity contribution in [2.75, 3.05) is 0 Å². The number of nitrogens with zero attached hydrogens (tertiary/aromatic N) is 1. The van der Waals surface area contributed by atoms with E-state index in [4.69, 9.17) is 0 Å². The van der Waals surface area contributed by atoms with Gasteiger partial charge in [0.25, 0.3) is 0 Å². The number of hydrogen-bond acceptors (Lipinski definition) is 2. The molecule has 3 heteroatoms. The van der Waals surface area contributed by atoms with Gasteiger partial charge in [-0.2, -0.15) is 0 Å². The molecule has 0 unspecified atom stereocenters. The Morgan fingerprint density at radius 3 is 3.15 bits per heavy atom. The second-order valence-electron chi connectivity index (χ2n) is 6.53. The molecule has 0 spiro atoms. The van der Waals surface area contributed by atoms with Gasteiger partial charge in [0.05, 0.1) is 0 Å². The van der Waals surface area contributed by atoms with Crippen molar-refractivity contribution in [2.24, 2.45) is 17.8 Å². The van der Waals surface area contributed by atoms with Crippen LogP contribution in [0.5, 0.6) is 0 Å². The summed E-state index contributed by atoms with van der Waals surface area (Å²) in [5.74, 6) is 1.57. The first-order valence-electron chi connectivity index (χ1n) is 7.63. The van der Waals surface area contributed by atoms with Crippen LogP contribution in [0.3, 0.4) is 0 Å². The number of pyridine rings is 1. The summed E-state index contributed by atoms with van der Waals surface area (Å²) in [5.41, 5.74) is 2.64. The van der Waals surface area contributed by atoms with Crippen LogP contribution in [0.2, 0.25) is 4.47 Å². The molecular formula is C17H21NOTe. The molecule has 106 valence electrons. The molecule has 1 aliphatic heterocycles. The van der Waals surface area contributed by atoms with E-state index >= 15 is 0 Å². The Morgan fingerprint density at radius 2 is 2.30 bits per heavy atom. The summed E-state index contributed by atoms with van der Waals surface area (Å²) < 4.78 is 1.85. The van der Waals surface area contributed by atoms with Crippen molar-refractivity contribution in [1.29, 1.82) is 0 Å². The van der Waals surface area contributed by atoms with E-state index in [1.807, 2.05) is 12.3 Å². The molecule has 0 aromatic carbocycles. The molecule has 3 aliphatic rings. The van der Waals surface area contributed by atoms with Crippen LogP contribution in [0.25, 0.3) is 0 Å². The van der Waals surface area contributed by atoms with Crippen molar-refractivity contribution >= 4 is 20.9 Å². The number of aromatic nitrogens is 1. The molecule has 1 N–H and O–H groups in total. The molecule has 2 fully saturated rings. The van der Waals surface area contributed by atoms with E-state index in [-0.39, 0.29) is 20.9 Å². The molecule has 20 heavy (non-hydrogen) atoms. The summed E-state index contributed by atoms with van der Waals surface area (Å²) in [7, 11) is 0. The first-order valence-corrected chi connectivity index (χ1v) is 10.6. The summed E-state index contributed by atoms with van der Waals surface area (Å²) in [6.45, 7) is 3.97. The fraction of sp³-hybridized carbons (Fsp3) is 0.588. The van der Waals surface area contributed by atoms with Gasteiger partial charge in [0.2, 0.25) is 0 Å². The number of rotatable bonds is 1. The summed E-state index contributed by atoms with van der Waals surface area (Å²) in [4.78, 5) is 4.29. The van der Waals surface area contributed by atoms with E-state index in [0.717, 1.165) is 27.2 Å². The second kappa shape index (κ2) is 4.83. The Labute approximate surface area is 130 Å². The van der Waals surface area contributed by atoms with Gasteiger partial charge in [0, 0.05) is 0 Å². The predicted molar refractivity (Wildman–Crippen MR) is 80.7 cm³/mol. The van der Waals surface area contributed by atoms with Gasteiger partial charge >= 0.3 is 131 Å². The molecule has 0 radical (unpaired) electrons. The first-order chi connectivity index (χ1) is 9.74. The van der Waals surface area contributed by atoms with Crippen molar-refractivity contribution in [2.45, 2.75) is 39.7 Å². The van der Waals surface area contributed by atoms with Crippen LogP contribution in [0.4, 0.5) is 0 Å². The summed E-state index contributed by atoms with van der Waals surface area (Å²) in [6, 6.07) is 2.25. The zero-order valence-electron chi connectivity index (χ0n) is 11.7. The van der Waals surface area contributed by atoms with Gasteiger partial charge in [0.1, 0.15) is 0 Å². The van der Waals surface area contributed by atoms with Crippen molar-refractivity contribution in [3.8, 4) is 0 Å². The summed E-state index contributed by atoms with van der Waals surface area (Å²) in [6.07, 6.45) is 10.8. The number of hydrogen-bond donors (Lipinski definition) is 1. The SMILES string of the molecule is C=C[C@@H]1CC[C@H]2[C@@H]3CCc4cnccc4[C@@H]3[Te]C[C@@]12O. The molecule has 1 saturated carbocycles. The second-order valence-corrected chi connectivity index (χ2v) is 9.75. The van der Waals surface area contributed by atoms with E-state index in [0.29, 0.717) is 11.8 Å². The van der Waals surface area contributed by atoms with Crippen molar-refractivity contribution < 1.29 is 5.11 Å². The first kappa shape index (κ1) is 13.3. The van der Waals surface area contributed by atoms with Crippen molar-refractivity contribution in [3.05, 3.63) is 42.2 Å². The average Bonchev–Trinajstić information content (AvgIpc) is 2.83. The van der Waals surface area contributed by atoms with Crippen LogP contribution in [0.15, 0.2) is 31.1 Å². The minimum absolute atomic E-state index is 0.178. The van der Waals surface area contributed by atoms with Crippen LogP contribution in [0.1, 0.15) is 34.4 Å². The molecular weight excluding hydrogens is 362 g/mol. The Kier molecular flexibility index (Phi) is 3.22. The van der Waals surface area contributed by atoms with Crippen LogP contribution in [-0.2, 0) is 6.42 Å². The number of aryl methyl sites for hydroxylation is 1. The molecule has 2 nitrogen and oxygen atoms in total. The van der Waals surface area contributed by atoms with Crippen LogP contribution < -0.4 is 0 Å². The monoisotopic (exact) mass is 385 g/mol. The Balaban J connectivity index is 1.70. The Morgan fingerprint density at radius 1 is 1.40 bits per heavy atom. The van der Waals surface area contributed by atoms with Crippen LogP contribution in [-0.4, -0.2) is 36.6 Å². The standard InChI is InChI=1S/C17H21NOTe/c1-2-12-4-6-15-14-5-3-11-9-18-8-7-13(11)16(14)20-10-17(12,15)19/h2,7-9,12,14-16,19H,1,3-6,10H2/t12-,14+,15+,16+,17-/m1/s1. The molecule has 0 amide bonds. The van der Waals surface area contributed by atoms with E-state index in [2.05, 4.69) is 23.8 Å². The van der Waals surface area contributed by atoms with Gasteiger partial charge in [-0.3, -0.25) is 0 Å². The molecule has 4 rings (SSSR count). The van der Waals surface area contributed by atoms with E-state index in [1.54, 1.807) is 5.56 Å². The molecule has 1 saturated heterocycles. The quantitative estimate of drug-likeness (QED) is 0.598. The van der Waals surface area contributed by atoms with Gasteiger partial charge in [-0.05, 0) is 0 Å². The van der Waals surface area contributed by atoms with Gasteiger partial charge in [0.15, 0.2) is 0 Å². The third-order valence-corrected chi connectivity index (χ3v) is 10.3. The number of fused-ring (bicyclic) bond motifs is 5. The predicted octanol–water partition coefficient (Wildman–Crippen LogP) is 2.76. The fourth-order valence-corrected chi connectivity index (χ4v) is 10.0. The van der Waals surface area contributed by atoms with Gasteiger partial charge in [-0.15, -0.1) is 0 Å². The zero-order chi connectivity index (χ0) is 13.7. The van der Waals surface area contributed by atoms with E-state index < -0.39 is 5.60 Å². The summed E-state index contributed by atoms with van der Waals surface area (Å²) >= 11 is -0.178. The molecule has 2 aliphatic carbocycles. The number of aliphatic hydroxyl groups is 1. The van der Waals surface area contributed by atoms with Gasteiger partial charge in [-0.25, -0.2) is 0 Å². The fourth-order valence-electron chi connectivity index (χ4n) is 4.73. The maximum atomic E-state index is 11.2. The molecule has 5 atom stereocenters. The van der Waals surface area contributed by atoms with Gasteiger partial charge < -0.3 is 0 Å². The van der Waals surface area contributed by atoms with E-state index in [1.165, 1.54) is 18.4 Å². The van der Waals surface area contributed by atoms with Crippen molar-refractivity contribution in [1.82, 2.24) is 4.98 Å². The topological polar surface area (TPSA) is 33.1 Å². The van der Waals surface area contributed by atoms with Crippen LogP contribution >= 0.6 is 0 Å². The average molecular weight is 383 g/mol. The zero-order valence-corrected chi connectivity index (χ0v) is 14.0. The summed E-state index contributed by atoms with van der Waals surface area (Å²) in [5, 5.41) is 11.2. The van der Waals surface area contributed by atoms with E-state index in [9.17, 15) is 5.11 Å². The third-order valence-electron chi connectivity index (χ3n) is 5.75. The Hall–Kier alpha value is -0.360. The Bertz CT molecular complexity index is 546. The van der Waals surface area contributed by atoms with Crippen molar-refractivity contribution in [3.63, 3.8) is 0 Å². The minimum atomic E-state index is -0.407. The normalized spacial score (nSPS) is 42.5. The van der Waals surface area contributed by atoms with Crippen LogP contribution in [0, 0.1) is 17.8 Å². The van der Waals surface area contributed by atoms with Gasteiger partial charge in [-0.1, -0.05) is 0 Å². The molecule has 0 bridgehead atoms. The maximum absolute atomic E-state index is 11.2. The third kappa shape index (κ3) is 1.76. The molecule has 1 aromatic rings.